The van der Waals surface area contributed by atoms with E-state index in [9.17, 15) is 14.4 Å². The van der Waals surface area contributed by atoms with Crippen LogP contribution in [0, 0.1) is 5.92 Å². The van der Waals surface area contributed by atoms with Crippen LogP contribution in [-0.2, 0) is 9.59 Å². The molecule has 2 N–H and O–H groups in total. The summed E-state index contributed by atoms with van der Waals surface area (Å²) in [6.07, 6.45) is 7.55. The highest BCUT2D eigenvalue weighted by Gasteiger charge is 2.48. The molecule has 168 valence electrons. The van der Waals surface area contributed by atoms with Gasteiger partial charge in [0.25, 0.3) is 5.91 Å². The van der Waals surface area contributed by atoms with E-state index in [-0.39, 0.29) is 35.1 Å². The molecule has 4 atom stereocenters. The van der Waals surface area contributed by atoms with Crippen LogP contribution in [0.3, 0.4) is 0 Å². The quantitative estimate of drug-likeness (QED) is 0.658. The van der Waals surface area contributed by atoms with Gasteiger partial charge in [0.1, 0.15) is 17.5 Å². The van der Waals surface area contributed by atoms with Crippen LogP contribution in [0.5, 0.6) is 0 Å². The molecule has 0 bridgehead atoms. The van der Waals surface area contributed by atoms with Crippen molar-refractivity contribution in [2.75, 3.05) is 5.75 Å². The number of nitrogens with one attached hydrogen (secondary N) is 2. The highest BCUT2D eigenvalue weighted by Crippen LogP contribution is 2.48. The van der Waals surface area contributed by atoms with Crippen molar-refractivity contribution in [2.24, 2.45) is 5.92 Å². The van der Waals surface area contributed by atoms with Crippen molar-refractivity contribution in [3.05, 3.63) is 35.4 Å². The molecule has 0 radical (unpaired) electrons. The first-order valence-electron chi connectivity index (χ1n) is 11.6. The molecular formula is C24H33N3O3S. The maximum absolute atomic E-state index is 13.3. The molecule has 2 fully saturated rings. The Morgan fingerprint density at radius 2 is 1.87 bits per heavy atom. The van der Waals surface area contributed by atoms with Crippen LogP contribution < -0.4 is 10.6 Å². The maximum atomic E-state index is 13.3. The third-order valence-corrected chi connectivity index (χ3v) is 8.29. The summed E-state index contributed by atoms with van der Waals surface area (Å²) in [5.41, 5.74) is 1.67. The van der Waals surface area contributed by atoms with Gasteiger partial charge in [-0.1, -0.05) is 64.2 Å². The van der Waals surface area contributed by atoms with Crippen molar-refractivity contribution in [1.82, 2.24) is 15.5 Å². The number of benzene rings is 1. The van der Waals surface area contributed by atoms with E-state index in [2.05, 4.69) is 10.6 Å². The number of hydrogen-bond donors (Lipinski definition) is 2. The molecule has 31 heavy (non-hydrogen) atoms. The highest BCUT2D eigenvalue weighted by atomic mass is 32.2. The van der Waals surface area contributed by atoms with E-state index >= 15 is 0 Å². The minimum Gasteiger partial charge on any atom is -0.352 e. The monoisotopic (exact) mass is 443 g/mol. The Labute approximate surface area is 188 Å². The molecule has 1 saturated carbocycles. The molecule has 1 aromatic carbocycles. The minimum atomic E-state index is -0.579. The Balaban J connectivity index is 1.44. The van der Waals surface area contributed by atoms with Crippen molar-refractivity contribution in [3.8, 4) is 0 Å². The van der Waals surface area contributed by atoms with E-state index in [4.69, 9.17) is 0 Å². The fourth-order valence-corrected chi connectivity index (χ4v) is 6.37. The van der Waals surface area contributed by atoms with Crippen molar-refractivity contribution >= 4 is 29.5 Å². The van der Waals surface area contributed by atoms with Crippen LogP contribution in [0.15, 0.2) is 24.3 Å². The summed E-state index contributed by atoms with van der Waals surface area (Å²) in [7, 11) is 0. The largest absolute Gasteiger partial charge is 0.352 e. The zero-order chi connectivity index (χ0) is 22.0. The van der Waals surface area contributed by atoms with Crippen molar-refractivity contribution in [3.63, 3.8) is 0 Å². The smallest absolute Gasteiger partial charge is 0.256 e. The van der Waals surface area contributed by atoms with Crippen LogP contribution in [0.2, 0.25) is 0 Å². The van der Waals surface area contributed by atoms with Crippen LogP contribution in [0.25, 0.3) is 0 Å². The van der Waals surface area contributed by atoms with Crippen LogP contribution >= 0.6 is 11.8 Å². The molecule has 1 aliphatic carbocycles. The van der Waals surface area contributed by atoms with Crippen molar-refractivity contribution < 1.29 is 14.4 Å². The summed E-state index contributed by atoms with van der Waals surface area (Å²) in [5.74, 6) is 0.165. The van der Waals surface area contributed by atoms with Gasteiger partial charge in [-0.25, -0.2) is 0 Å². The zero-order valence-electron chi connectivity index (χ0n) is 18.4. The van der Waals surface area contributed by atoms with Gasteiger partial charge in [0.05, 0.1) is 0 Å². The van der Waals surface area contributed by atoms with Crippen molar-refractivity contribution in [1.29, 1.82) is 0 Å². The summed E-state index contributed by atoms with van der Waals surface area (Å²) in [5, 5.41) is 6.11. The van der Waals surface area contributed by atoms with Gasteiger partial charge in [-0.3, -0.25) is 14.4 Å². The van der Waals surface area contributed by atoms with Crippen LogP contribution in [-0.4, -0.2) is 46.5 Å². The fraction of sp³-hybridized carbons (Fsp3) is 0.625. The second-order valence-corrected chi connectivity index (χ2v) is 10.2. The number of fused-ring (bicyclic) bond motifs is 3. The summed E-state index contributed by atoms with van der Waals surface area (Å²) in [6.45, 7) is 4.03. The molecule has 7 heteroatoms. The number of nitrogens with zero attached hydrogens (tertiary/aromatic N) is 1. The van der Waals surface area contributed by atoms with Gasteiger partial charge in [-0.05, 0) is 30.4 Å². The van der Waals surface area contributed by atoms with Crippen LogP contribution in [0.1, 0.15) is 80.1 Å². The molecule has 3 amide bonds. The van der Waals surface area contributed by atoms with E-state index in [1.54, 1.807) is 16.7 Å². The lowest BCUT2D eigenvalue weighted by Gasteiger charge is -2.29. The fourth-order valence-electron chi connectivity index (χ4n) is 4.91. The maximum Gasteiger partial charge on any atom is 0.256 e. The number of hydrogen-bond acceptors (Lipinski definition) is 4. The Kier molecular flexibility index (Phi) is 6.89. The topological polar surface area (TPSA) is 78.5 Å². The number of carbonyl (C=O) groups excluding carboxylic acids is 3. The van der Waals surface area contributed by atoms with Gasteiger partial charge in [0, 0.05) is 17.4 Å². The van der Waals surface area contributed by atoms with Gasteiger partial charge < -0.3 is 15.5 Å². The second-order valence-electron chi connectivity index (χ2n) is 9.07. The molecule has 6 nitrogen and oxygen atoms in total. The Morgan fingerprint density at radius 3 is 2.58 bits per heavy atom. The summed E-state index contributed by atoms with van der Waals surface area (Å²) in [6, 6.07) is 6.65. The van der Waals surface area contributed by atoms with Crippen molar-refractivity contribution in [2.45, 2.75) is 82.3 Å². The van der Waals surface area contributed by atoms with Gasteiger partial charge in [0.2, 0.25) is 11.8 Å². The van der Waals surface area contributed by atoms with Gasteiger partial charge in [0.15, 0.2) is 0 Å². The molecular weight excluding hydrogens is 410 g/mol. The normalized spacial score (nSPS) is 25.4. The zero-order valence-corrected chi connectivity index (χ0v) is 19.2. The molecule has 1 aromatic rings. The molecule has 2 aliphatic heterocycles. The molecule has 4 rings (SSSR count). The third-order valence-electron chi connectivity index (χ3n) is 6.99. The van der Waals surface area contributed by atoms with Gasteiger partial charge >= 0.3 is 0 Å². The second kappa shape index (κ2) is 9.63. The molecule has 0 aromatic heterocycles. The first-order chi connectivity index (χ1) is 15.0. The average molecular weight is 444 g/mol. The lowest BCUT2D eigenvalue weighted by molar-refractivity contribution is -0.132. The number of carbonyl (C=O) groups is 3. The Bertz CT molecular complexity index is 837. The molecule has 1 saturated heterocycles. The van der Waals surface area contributed by atoms with E-state index in [1.807, 2.05) is 38.1 Å². The molecule has 0 unspecified atom stereocenters. The summed E-state index contributed by atoms with van der Waals surface area (Å²) < 4.78 is 0. The van der Waals surface area contributed by atoms with Gasteiger partial charge in [-0.2, -0.15) is 0 Å². The SMILES string of the molecule is CC[C@H](C)[C@H](NC(=O)[C@@H]1CS[C@H]2c3ccccc3C(=O)N12)C(=O)NC1CCCCCC1. The predicted octanol–water partition coefficient (Wildman–Crippen LogP) is 3.63. The summed E-state index contributed by atoms with van der Waals surface area (Å²) in [4.78, 5) is 41.0. The van der Waals surface area contributed by atoms with E-state index in [1.165, 1.54) is 12.8 Å². The molecule has 0 spiro atoms. The van der Waals surface area contributed by atoms with E-state index in [0.29, 0.717) is 11.3 Å². The first-order valence-corrected chi connectivity index (χ1v) is 12.7. The standard InChI is InChI=1S/C24H33N3O3S/c1-3-15(2)20(22(29)25-16-10-6-4-5-7-11-16)26-21(28)19-14-31-24-18-13-9-8-12-17(18)23(30)27(19)24/h8-9,12-13,15-16,19-20,24H,3-7,10-11,14H2,1-2H3,(H,25,29)(H,26,28)/t15-,19-,20-,24-/m0/s1. The summed E-state index contributed by atoms with van der Waals surface area (Å²) >= 11 is 1.62. The number of amides is 3. The molecule has 3 aliphatic rings. The van der Waals surface area contributed by atoms with E-state index < -0.39 is 12.1 Å². The lowest BCUT2D eigenvalue weighted by Crippen LogP contribution is -2.56. The average Bonchev–Trinajstić information content (AvgIpc) is 3.22. The van der Waals surface area contributed by atoms with Crippen LogP contribution in [0.4, 0.5) is 0 Å². The van der Waals surface area contributed by atoms with Gasteiger partial charge in [-0.15, -0.1) is 11.8 Å². The Morgan fingerprint density at radius 1 is 1.16 bits per heavy atom. The molecule has 2 heterocycles. The number of rotatable bonds is 6. The third kappa shape index (κ3) is 4.47. The lowest BCUT2D eigenvalue weighted by atomic mass is 9.97. The minimum absolute atomic E-state index is 0.0195. The highest BCUT2D eigenvalue weighted by molar-refractivity contribution is 7.99. The Hall–Kier alpha value is -2.02. The first kappa shape index (κ1) is 22.2. The van der Waals surface area contributed by atoms with E-state index in [0.717, 1.165) is 37.7 Å². The predicted molar refractivity (Wildman–Crippen MR) is 123 cm³/mol. The number of thioether (sulfide) groups is 1.